The van der Waals surface area contributed by atoms with Gasteiger partial charge in [0.05, 0.1) is 16.8 Å². The monoisotopic (exact) mass is 418 g/mol. The third-order valence-electron chi connectivity index (χ3n) is 6.06. The molecule has 0 saturated carbocycles. The Labute approximate surface area is 181 Å². The van der Waals surface area contributed by atoms with Crippen molar-refractivity contribution in [1.82, 2.24) is 9.97 Å². The van der Waals surface area contributed by atoms with Crippen molar-refractivity contribution in [3.05, 3.63) is 63.6 Å². The van der Waals surface area contributed by atoms with Crippen LogP contribution in [0, 0.1) is 13.8 Å². The molecule has 2 heterocycles. The molecule has 0 amide bonds. The smallest absolute Gasteiger partial charge is 0.339 e. The fourth-order valence-corrected chi connectivity index (χ4v) is 4.61. The number of rotatable bonds is 5. The van der Waals surface area contributed by atoms with Gasteiger partial charge in [0.15, 0.2) is 11.9 Å². The molecular weight excluding hydrogens is 392 g/mol. The summed E-state index contributed by atoms with van der Waals surface area (Å²) in [4.78, 5) is 46.0. The second kappa shape index (κ2) is 8.10. The highest BCUT2D eigenvalue weighted by Gasteiger charge is 2.29. The average Bonchev–Trinajstić information content (AvgIpc) is 3.05. The van der Waals surface area contributed by atoms with Gasteiger partial charge in [0.1, 0.15) is 0 Å². The molecule has 31 heavy (non-hydrogen) atoms. The molecule has 1 aliphatic carbocycles. The normalized spacial score (nSPS) is 14.2. The van der Waals surface area contributed by atoms with Gasteiger partial charge in [-0.1, -0.05) is 18.2 Å². The fourth-order valence-electron chi connectivity index (χ4n) is 4.61. The lowest BCUT2D eigenvalue weighted by molar-refractivity contribution is 0.0317. The molecule has 1 N–H and O–H groups in total. The maximum atomic E-state index is 13.3. The first-order chi connectivity index (χ1) is 14.8. The number of hydrogen-bond acceptors (Lipinski definition) is 5. The van der Waals surface area contributed by atoms with Crippen LogP contribution in [0.15, 0.2) is 24.3 Å². The van der Waals surface area contributed by atoms with Gasteiger partial charge in [0.25, 0.3) is 0 Å². The Morgan fingerprint density at radius 3 is 2.48 bits per heavy atom. The molecule has 1 aromatic carbocycles. The number of carbonyl (C=O) groups excluding carboxylic acids is 3. The van der Waals surface area contributed by atoms with E-state index < -0.39 is 12.1 Å². The van der Waals surface area contributed by atoms with Crippen LogP contribution in [0.25, 0.3) is 10.9 Å². The number of benzene rings is 1. The van der Waals surface area contributed by atoms with E-state index in [9.17, 15) is 14.4 Å². The Morgan fingerprint density at radius 2 is 1.77 bits per heavy atom. The highest BCUT2D eigenvalue weighted by Crippen LogP contribution is 2.30. The van der Waals surface area contributed by atoms with E-state index in [1.54, 1.807) is 20.8 Å². The Hall–Kier alpha value is -3.28. The summed E-state index contributed by atoms with van der Waals surface area (Å²) < 4.78 is 5.67. The molecule has 0 spiro atoms. The van der Waals surface area contributed by atoms with Crippen LogP contribution >= 0.6 is 0 Å². The number of esters is 1. The summed E-state index contributed by atoms with van der Waals surface area (Å²) in [6, 6.07) is 7.54. The number of hydrogen-bond donors (Lipinski definition) is 1. The van der Waals surface area contributed by atoms with Crippen molar-refractivity contribution in [2.24, 2.45) is 0 Å². The van der Waals surface area contributed by atoms with E-state index in [4.69, 9.17) is 9.72 Å². The zero-order valence-electron chi connectivity index (χ0n) is 18.3. The SMILES string of the molecule is CC(=O)c1c(C)[nH]c(C(=O)[C@@H](C)OC(=O)c2c3c(nc4ccccc24)CCCC3)c1C. The molecule has 0 unspecified atom stereocenters. The molecule has 6 heteroatoms. The van der Waals surface area contributed by atoms with E-state index >= 15 is 0 Å². The summed E-state index contributed by atoms with van der Waals surface area (Å²) in [5.74, 6) is -0.969. The molecule has 0 radical (unpaired) electrons. The third kappa shape index (κ3) is 3.67. The summed E-state index contributed by atoms with van der Waals surface area (Å²) in [7, 11) is 0. The molecule has 0 bridgehead atoms. The number of ether oxygens (including phenoxy) is 1. The van der Waals surface area contributed by atoms with Crippen molar-refractivity contribution in [3.8, 4) is 0 Å². The average molecular weight is 418 g/mol. The van der Waals surface area contributed by atoms with E-state index in [1.165, 1.54) is 6.92 Å². The van der Waals surface area contributed by atoms with Gasteiger partial charge >= 0.3 is 5.97 Å². The first kappa shape index (κ1) is 21.0. The van der Waals surface area contributed by atoms with Gasteiger partial charge in [-0.3, -0.25) is 14.6 Å². The highest BCUT2D eigenvalue weighted by atomic mass is 16.5. The summed E-state index contributed by atoms with van der Waals surface area (Å²) in [5.41, 5.74) is 5.20. The number of H-pyrrole nitrogens is 1. The van der Waals surface area contributed by atoms with Crippen molar-refractivity contribution in [3.63, 3.8) is 0 Å². The minimum absolute atomic E-state index is 0.107. The number of aromatic amines is 1. The molecule has 160 valence electrons. The largest absolute Gasteiger partial charge is 0.451 e. The van der Waals surface area contributed by atoms with E-state index in [1.807, 2.05) is 24.3 Å². The summed E-state index contributed by atoms with van der Waals surface area (Å²) in [5, 5.41) is 0.749. The molecule has 1 atom stereocenters. The maximum Gasteiger partial charge on any atom is 0.339 e. The van der Waals surface area contributed by atoms with Crippen molar-refractivity contribution < 1.29 is 19.1 Å². The summed E-state index contributed by atoms with van der Waals surface area (Å²) in [6.07, 6.45) is 2.66. The van der Waals surface area contributed by atoms with Gasteiger partial charge in [-0.05, 0) is 70.6 Å². The van der Waals surface area contributed by atoms with Crippen molar-refractivity contribution >= 4 is 28.4 Å². The molecule has 4 rings (SSSR count). The lowest BCUT2D eigenvalue weighted by Gasteiger charge is -2.21. The van der Waals surface area contributed by atoms with Crippen molar-refractivity contribution in [2.45, 2.75) is 59.5 Å². The van der Waals surface area contributed by atoms with Crippen LogP contribution in [0.2, 0.25) is 0 Å². The number of pyridine rings is 1. The topological polar surface area (TPSA) is 89.1 Å². The van der Waals surface area contributed by atoms with Crippen LogP contribution in [0.1, 0.15) is 80.4 Å². The van der Waals surface area contributed by atoms with Crippen LogP contribution in [-0.2, 0) is 17.6 Å². The number of carbonyl (C=O) groups is 3. The van der Waals surface area contributed by atoms with E-state index in [0.717, 1.165) is 47.8 Å². The number of para-hydroxylation sites is 1. The van der Waals surface area contributed by atoms with Crippen LogP contribution in [-0.4, -0.2) is 33.6 Å². The number of fused-ring (bicyclic) bond motifs is 2. The van der Waals surface area contributed by atoms with Crippen LogP contribution in [0.5, 0.6) is 0 Å². The minimum Gasteiger partial charge on any atom is -0.451 e. The van der Waals surface area contributed by atoms with Crippen molar-refractivity contribution in [1.29, 1.82) is 0 Å². The Kier molecular flexibility index (Phi) is 5.48. The van der Waals surface area contributed by atoms with Crippen LogP contribution in [0.3, 0.4) is 0 Å². The second-order valence-corrected chi connectivity index (χ2v) is 8.23. The zero-order chi connectivity index (χ0) is 22.3. The van der Waals surface area contributed by atoms with Gasteiger partial charge in [-0.25, -0.2) is 4.79 Å². The number of nitrogens with one attached hydrogen (secondary N) is 1. The molecule has 0 aliphatic heterocycles. The second-order valence-electron chi connectivity index (χ2n) is 8.23. The molecule has 2 aromatic heterocycles. The predicted molar refractivity (Wildman–Crippen MR) is 118 cm³/mol. The Bertz CT molecular complexity index is 1220. The van der Waals surface area contributed by atoms with Gasteiger partial charge in [0.2, 0.25) is 5.78 Å². The lowest BCUT2D eigenvalue weighted by Crippen LogP contribution is -2.26. The van der Waals surface area contributed by atoms with Gasteiger partial charge < -0.3 is 9.72 Å². The van der Waals surface area contributed by atoms with Crippen molar-refractivity contribution in [2.75, 3.05) is 0 Å². The Morgan fingerprint density at radius 1 is 1.06 bits per heavy atom. The maximum absolute atomic E-state index is 13.3. The highest BCUT2D eigenvalue weighted by molar-refractivity contribution is 6.08. The van der Waals surface area contributed by atoms with Gasteiger partial charge in [0, 0.05) is 22.3 Å². The number of ketones is 2. The summed E-state index contributed by atoms with van der Waals surface area (Å²) in [6.45, 7) is 6.53. The van der Waals surface area contributed by atoms with E-state index in [-0.39, 0.29) is 11.6 Å². The first-order valence-corrected chi connectivity index (χ1v) is 10.6. The molecule has 0 fully saturated rings. The summed E-state index contributed by atoms with van der Waals surface area (Å²) >= 11 is 0. The lowest BCUT2D eigenvalue weighted by atomic mass is 9.90. The number of aryl methyl sites for hydroxylation is 2. The van der Waals surface area contributed by atoms with E-state index in [0.29, 0.717) is 28.1 Å². The van der Waals surface area contributed by atoms with Crippen LogP contribution < -0.4 is 0 Å². The molecular formula is C25H26N2O4. The Balaban J connectivity index is 1.68. The number of Topliss-reactive ketones (excluding diaryl/α,β-unsaturated/α-hetero) is 2. The molecule has 3 aromatic rings. The fraction of sp³-hybridized carbons (Fsp3) is 0.360. The number of aromatic nitrogens is 2. The zero-order valence-corrected chi connectivity index (χ0v) is 18.3. The first-order valence-electron chi connectivity index (χ1n) is 10.6. The molecule has 6 nitrogen and oxygen atoms in total. The molecule has 0 saturated heterocycles. The molecule has 1 aliphatic rings. The van der Waals surface area contributed by atoms with Gasteiger partial charge in [-0.2, -0.15) is 0 Å². The quantitative estimate of drug-likeness (QED) is 0.480. The standard InChI is InChI=1S/C25H26N2O4/c1-13-21(15(3)28)14(2)26-23(13)24(29)16(4)31-25(30)22-17-9-5-7-11-19(17)27-20-12-8-6-10-18(20)22/h5,7,9,11,16,26H,6,8,10,12H2,1-4H3/t16-/m1/s1. The third-order valence-corrected chi connectivity index (χ3v) is 6.06. The van der Waals surface area contributed by atoms with Gasteiger partial charge in [-0.15, -0.1) is 0 Å². The predicted octanol–water partition coefficient (Wildman–Crippen LogP) is 4.69. The minimum atomic E-state index is -0.991. The van der Waals surface area contributed by atoms with E-state index in [2.05, 4.69) is 4.98 Å². The number of nitrogens with zero attached hydrogens (tertiary/aromatic N) is 1. The van der Waals surface area contributed by atoms with Crippen LogP contribution in [0.4, 0.5) is 0 Å².